The van der Waals surface area contributed by atoms with E-state index in [-0.39, 0.29) is 0 Å². The number of amidine groups is 1. The molecule has 108 valence electrons. The van der Waals surface area contributed by atoms with E-state index in [1.165, 1.54) is 36.4 Å². The average Bonchev–Trinajstić information content (AvgIpc) is 3.08. The molecule has 20 heavy (non-hydrogen) atoms. The summed E-state index contributed by atoms with van der Waals surface area (Å²) in [5.74, 6) is 1.14. The van der Waals surface area contributed by atoms with E-state index in [1.54, 1.807) is 0 Å². The Morgan fingerprint density at radius 1 is 1.25 bits per heavy atom. The van der Waals surface area contributed by atoms with Gasteiger partial charge in [-0.3, -0.25) is 4.99 Å². The lowest BCUT2D eigenvalue weighted by atomic mass is 9.89. The molecule has 1 aromatic rings. The van der Waals surface area contributed by atoms with Crippen molar-refractivity contribution >= 4 is 16.9 Å². The zero-order chi connectivity index (χ0) is 13.8. The summed E-state index contributed by atoms with van der Waals surface area (Å²) >= 11 is 1.89. The molecule has 2 fully saturated rings. The molecule has 0 spiro atoms. The molecule has 1 N–H and O–H groups in total. The first kappa shape index (κ1) is 14.0. The van der Waals surface area contributed by atoms with Crippen LogP contribution in [0, 0.1) is 5.41 Å². The van der Waals surface area contributed by atoms with Gasteiger partial charge in [-0.2, -0.15) is 0 Å². The van der Waals surface area contributed by atoms with E-state index in [0.717, 1.165) is 18.7 Å². The molecule has 1 unspecified atom stereocenters. The van der Waals surface area contributed by atoms with Crippen molar-refractivity contribution in [3.8, 4) is 0 Å². The molecule has 3 heteroatoms. The van der Waals surface area contributed by atoms with Crippen LogP contribution in [0.5, 0.6) is 0 Å². The van der Waals surface area contributed by atoms with Crippen LogP contribution in [0.4, 0.5) is 0 Å². The fourth-order valence-corrected chi connectivity index (χ4v) is 4.15. The lowest BCUT2D eigenvalue weighted by molar-refractivity contribution is 0.351. The van der Waals surface area contributed by atoms with Crippen LogP contribution < -0.4 is 5.32 Å². The van der Waals surface area contributed by atoms with Crippen molar-refractivity contribution in [1.29, 1.82) is 0 Å². The number of nitrogens with zero attached hydrogens (tertiary/aromatic N) is 1. The van der Waals surface area contributed by atoms with Gasteiger partial charge in [-0.15, -0.1) is 0 Å². The number of rotatable bonds is 4. The van der Waals surface area contributed by atoms with Gasteiger partial charge in [0.2, 0.25) is 0 Å². The van der Waals surface area contributed by atoms with Crippen LogP contribution in [-0.4, -0.2) is 23.5 Å². The summed E-state index contributed by atoms with van der Waals surface area (Å²) in [6.07, 6.45) is 6.57. The second-order valence-corrected chi connectivity index (χ2v) is 7.49. The first-order valence-electron chi connectivity index (χ1n) is 7.71. The Balaban J connectivity index is 1.51. The van der Waals surface area contributed by atoms with Crippen molar-refractivity contribution in [2.75, 3.05) is 12.3 Å². The van der Waals surface area contributed by atoms with Crippen LogP contribution in [0.25, 0.3) is 0 Å². The van der Waals surface area contributed by atoms with Crippen molar-refractivity contribution in [1.82, 2.24) is 5.32 Å². The maximum absolute atomic E-state index is 4.84. The SMILES string of the molecule is CC1(CN=C2NC(Cc3ccccc3)CS2)CCCC1. The van der Waals surface area contributed by atoms with Crippen molar-refractivity contribution < 1.29 is 0 Å². The lowest BCUT2D eigenvalue weighted by Crippen LogP contribution is -2.29. The Labute approximate surface area is 126 Å². The van der Waals surface area contributed by atoms with Crippen LogP contribution >= 0.6 is 11.8 Å². The van der Waals surface area contributed by atoms with Crippen LogP contribution in [-0.2, 0) is 6.42 Å². The quantitative estimate of drug-likeness (QED) is 0.909. The standard InChI is InChI=1S/C17H24N2S/c1-17(9-5-6-10-17)13-18-16-19-15(12-20-16)11-14-7-3-2-4-8-14/h2-4,7-8,15H,5-6,9-13H2,1H3,(H,18,19). The number of hydrogen-bond acceptors (Lipinski definition) is 2. The van der Waals surface area contributed by atoms with Gasteiger partial charge in [-0.05, 0) is 30.2 Å². The van der Waals surface area contributed by atoms with E-state index in [0.29, 0.717) is 11.5 Å². The van der Waals surface area contributed by atoms with Gasteiger partial charge < -0.3 is 5.32 Å². The third-order valence-electron chi connectivity index (χ3n) is 4.49. The second-order valence-electron chi connectivity index (χ2n) is 6.48. The normalized spacial score (nSPS) is 26.9. The molecule has 2 aliphatic rings. The molecule has 1 aliphatic carbocycles. The highest BCUT2D eigenvalue weighted by molar-refractivity contribution is 8.14. The third-order valence-corrected chi connectivity index (χ3v) is 5.58. The van der Waals surface area contributed by atoms with E-state index >= 15 is 0 Å². The van der Waals surface area contributed by atoms with Crippen molar-refractivity contribution in [2.45, 2.75) is 45.1 Å². The van der Waals surface area contributed by atoms with Gasteiger partial charge >= 0.3 is 0 Å². The van der Waals surface area contributed by atoms with Gasteiger partial charge in [0.25, 0.3) is 0 Å². The Hall–Kier alpha value is -0.960. The highest BCUT2D eigenvalue weighted by Crippen LogP contribution is 2.37. The lowest BCUT2D eigenvalue weighted by Gasteiger charge is -2.20. The molecule has 0 amide bonds. The van der Waals surface area contributed by atoms with Crippen molar-refractivity contribution in [3.05, 3.63) is 35.9 Å². The maximum Gasteiger partial charge on any atom is 0.156 e. The molecule has 0 radical (unpaired) electrons. The molecule has 2 nitrogen and oxygen atoms in total. The number of hydrogen-bond donors (Lipinski definition) is 1. The summed E-state index contributed by atoms with van der Waals surface area (Å²) in [4.78, 5) is 4.84. The van der Waals surface area contributed by atoms with Crippen molar-refractivity contribution in [2.24, 2.45) is 10.4 Å². The van der Waals surface area contributed by atoms with E-state index < -0.39 is 0 Å². The van der Waals surface area contributed by atoms with E-state index in [1.807, 2.05) is 11.8 Å². The fourth-order valence-electron chi connectivity index (χ4n) is 3.19. The molecule has 1 saturated carbocycles. The predicted molar refractivity (Wildman–Crippen MR) is 88.4 cm³/mol. The topological polar surface area (TPSA) is 24.4 Å². The Morgan fingerprint density at radius 3 is 2.75 bits per heavy atom. The largest absolute Gasteiger partial charge is 0.361 e. The number of aliphatic imine (C=N–C) groups is 1. The molecule has 1 aliphatic heterocycles. The van der Waals surface area contributed by atoms with E-state index in [4.69, 9.17) is 4.99 Å². The molecule has 1 aromatic carbocycles. The smallest absolute Gasteiger partial charge is 0.156 e. The fraction of sp³-hybridized carbons (Fsp3) is 0.588. The van der Waals surface area contributed by atoms with Crippen LogP contribution in [0.2, 0.25) is 0 Å². The average molecular weight is 288 g/mol. The Morgan fingerprint density at radius 2 is 2.00 bits per heavy atom. The monoisotopic (exact) mass is 288 g/mol. The van der Waals surface area contributed by atoms with E-state index in [2.05, 4.69) is 42.6 Å². The Kier molecular flexibility index (Phi) is 4.35. The summed E-state index contributed by atoms with van der Waals surface area (Å²) in [6, 6.07) is 11.3. The molecular weight excluding hydrogens is 264 g/mol. The third kappa shape index (κ3) is 3.57. The highest BCUT2D eigenvalue weighted by Gasteiger charge is 2.29. The van der Waals surface area contributed by atoms with Gasteiger partial charge in [-0.25, -0.2) is 0 Å². The highest BCUT2D eigenvalue weighted by atomic mass is 32.2. The van der Waals surface area contributed by atoms with E-state index in [9.17, 15) is 0 Å². The molecule has 1 atom stereocenters. The van der Waals surface area contributed by atoms with Crippen LogP contribution in [0.3, 0.4) is 0 Å². The van der Waals surface area contributed by atoms with Gasteiger partial charge in [-0.1, -0.05) is 61.9 Å². The molecule has 0 aromatic heterocycles. The minimum absolute atomic E-state index is 0.465. The van der Waals surface area contributed by atoms with Gasteiger partial charge in [0.05, 0.1) is 0 Å². The summed E-state index contributed by atoms with van der Waals surface area (Å²) < 4.78 is 0. The Bertz CT molecular complexity index is 463. The first-order chi connectivity index (χ1) is 9.73. The first-order valence-corrected chi connectivity index (χ1v) is 8.70. The molecule has 1 heterocycles. The number of thioether (sulfide) groups is 1. The van der Waals surface area contributed by atoms with Gasteiger partial charge in [0, 0.05) is 18.3 Å². The molecule has 1 saturated heterocycles. The number of nitrogens with one attached hydrogen (secondary N) is 1. The zero-order valence-corrected chi connectivity index (χ0v) is 13.1. The maximum atomic E-state index is 4.84. The van der Waals surface area contributed by atoms with Crippen LogP contribution in [0.15, 0.2) is 35.3 Å². The van der Waals surface area contributed by atoms with Gasteiger partial charge in [0.15, 0.2) is 5.17 Å². The van der Waals surface area contributed by atoms with Crippen LogP contribution in [0.1, 0.15) is 38.2 Å². The predicted octanol–water partition coefficient (Wildman–Crippen LogP) is 3.87. The summed E-state index contributed by atoms with van der Waals surface area (Å²) in [7, 11) is 0. The second kappa shape index (κ2) is 6.21. The summed E-state index contributed by atoms with van der Waals surface area (Å²) in [6.45, 7) is 3.39. The number of benzene rings is 1. The summed E-state index contributed by atoms with van der Waals surface area (Å²) in [5, 5.41) is 4.76. The van der Waals surface area contributed by atoms with Crippen molar-refractivity contribution in [3.63, 3.8) is 0 Å². The zero-order valence-electron chi connectivity index (χ0n) is 12.3. The summed E-state index contributed by atoms with van der Waals surface area (Å²) in [5.41, 5.74) is 1.88. The van der Waals surface area contributed by atoms with Gasteiger partial charge in [0.1, 0.15) is 0 Å². The molecule has 3 rings (SSSR count). The molecular formula is C17H24N2S. The minimum Gasteiger partial charge on any atom is -0.361 e. The minimum atomic E-state index is 0.465. The molecule has 0 bridgehead atoms.